The summed E-state index contributed by atoms with van der Waals surface area (Å²) >= 11 is 0. The van der Waals surface area contributed by atoms with Gasteiger partial charge in [-0.3, -0.25) is 4.79 Å². The van der Waals surface area contributed by atoms with Crippen molar-refractivity contribution in [3.63, 3.8) is 0 Å². The Bertz CT molecular complexity index is 292. The van der Waals surface area contributed by atoms with Crippen LogP contribution in [0.5, 0.6) is 0 Å². The van der Waals surface area contributed by atoms with Crippen LogP contribution < -0.4 is 0 Å². The summed E-state index contributed by atoms with van der Waals surface area (Å²) in [6, 6.07) is 0.186. The highest BCUT2D eigenvalue weighted by atomic mass is 19.3. The molecule has 0 aliphatic heterocycles. The minimum Gasteiger partial charge on any atom is -0.302 e. The third-order valence-corrected chi connectivity index (χ3v) is 3.81. The van der Waals surface area contributed by atoms with E-state index in [2.05, 4.69) is 0 Å². The average molecular weight is 217 g/mol. The monoisotopic (exact) mass is 217 g/mol. The van der Waals surface area contributed by atoms with E-state index in [1.807, 2.05) is 11.9 Å². The molecule has 2 saturated carbocycles. The molecule has 2 aliphatic carbocycles. The Morgan fingerprint density at radius 3 is 2.53 bits per heavy atom. The number of ketones is 1. The smallest absolute Gasteiger partial charge is 0.255 e. The van der Waals surface area contributed by atoms with Crippen molar-refractivity contribution in [2.45, 2.75) is 44.6 Å². The lowest BCUT2D eigenvalue weighted by molar-refractivity contribution is -0.117. The van der Waals surface area contributed by atoms with Crippen molar-refractivity contribution in [2.75, 3.05) is 13.6 Å². The molecular weight excluding hydrogens is 200 g/mol. The molecule has 0 amide bonds. The summed E-state index contributed by atoms with van der Waals surface area (Å²) in [5, 5.41) is 0. The lowest BCUT2D eigenvalue weighted by atomic mass is 10.1. The van der Waals surface area contributed by atoms with Crippen molar-refractivity contribution in [3.8, 4) is 0 Å². The molecule has 86 valence electrons. The van der Waals surface area contributed by atoms with E-state index in [1.165, 1.54) is 0 Å². The van der Waals surface area contributed by atoms with Crippen LogP contribution in [-0.4, -0.2) is 36.2 Å². The second-order valence-electron chi connectivity index (χ2n) is 5.29. The molecule has 0 saturated heterocycles. The fourth-order valence-electron chi connectivity index (χ4n) is 2.47. The van der Waals surface area contributed by atoms with Crippen molar-refractivity contribution in [2.24, 2.45) is 5.41 Å². The molecule has 4 heteroatoms. The maximum absolute atomic E-state index is 13.0. The predicted octanol–water partition coefficient (Wildman–Crippen LogP) is 2.09. The zero-order valence-corrected chi connectivity index (χ0v) is 9.22. The highest BCUT2D eigenvalue weighted by Crippen LogP contribution is 2.60. The lowest BCUT2D eigenvalue weighted by Gasteiger charge is -2.26. The molecule has 15 heavy (non-hydrogen) atoms. The molecule has 2 aliphatic rings. The van der Waals surface area contributed by atoms with Gasteiger partial charge in [-0.1, -0.05) is 6.92 Å². The number of nitrogens with zero attached hydrogens (tertiary/aromatic N) is 1. The lowest BCUT2D eigenvalue weighted by Crippen LogP contribution is -2.35. The number of Topliss-reactive ketones (excluding diaryl/α,β-unsaturated/α-hetero) is 1. The first kappa shape index (κ1) is 11.0. The van der Waals surface area contributed by atoms with Crippen molar-refractivity contribution < 1.29 is 13.6 Å². The Morgan fingerprint density at radius 2 is 2.13 bits per heavy atom. The van der Waals surface area contributed by atoms with Gasteiger partial charge in [-0.15, -0.1) is 0 Å². The number of halogens is 2. The Labute approximate surface area is 88.6 Å². The van der Waals surface area contributed by atoms with E-state index in [9.17, 15) is 13.6 Å². The van der Waals surface area contributed by atoms with Gasteiger partial charge in [0.1, 0.15) is 5.78 Å². The van der Waals surface area contributed by atoms with Crippen molar-refractivity contribution in [3.05, 3.63) is 0 Å². The van der Waals surface area contributed by atoms with Crippen molar-refractivity contribution in [1.82, 2.24) is 4.90 Å². The van der Waals surface area contributed by atoms with Crippen LogP contribution in [0.1, 0.15) is 32.6 Å². The van der Waals surface area contributed by atoms with Gasteiger partial charge in [0, 0.05) is 37.3 Å². The molecule has 0 aromatic heterocycles. The average Bonchev–Trinajstić information content (AvgIpc) is 2.46. The van der Waals surface area contributed by atoms with Gasteiger partial charge >= 0.3 is 0 Å². The summed E-state index contributed by atoms with van der Waals surface area (Å²) in [5.74, 6) is -2.23. The normalized spacial score (nSPS) is 38.7. The highest BCUT2D eigenvalue weighted by molar-refractivity contribution is 5.81. The molecule has 0 bridgehead atoms. The summed E-state index contributed by atoms with van der Waals surface area (Å²) in [6.07, 6.45) is 1.97. The molecule has 0 aromatic carbocycles. The molecule has 0 N–H and O–H groups in total. The quantitative estimate of drug-likeness (QED) is 0.721. The maximum Gasteiger partial charge on any atom is 0.255 e. The Kier molecular flexibility index (Phi) is 2.37. The SMILES string of the molecule is CN(CC1(C)CC1(F)F)C1CCC(=O)C1. The van der Waals surface area contributed by atoms with Crippen LogP contribution >= 0.6 is 0 Å². The molecule has 2 nitrogen and oxygen atoms in total. The van der Waals surface area contributed by atoms with E-state index >= 15 is 0 Å². The molecule has 0 radical (unpaired) electrons. The number of carbonyl (C=O) groups is 1. The van der Waals surface area contributed by atoms with Crippen LogP contribution in [0.2, 0.25) is 0 Å². The summed E-state index contributed by atoms with van der Waals surface area (Å²) in [7, 11) is 1.85. The van der Waals surface area contributed by atoms with Crippen LogP contribution in [0.4, 0.5) is 8.78 Å². The van der Waals surface area contributed by atoms with Gasteiger partial charge in [-0.05, 0) is 13.5 Å². The fourth-order valence-corrected chi connectivity index (χ4v) is 2.47. The number of carbonyl (C=O) groups excluding carboxylic acids is 1. The molecule has 2 fully saturated rings. The predicted molar refractivity (Wildman–Crippen MR) is 52.9 cm³/mol. The summed E-state index contributed by atoms with van der Waals surface area (Å²) < 4.78 is 26.0. The second-order valence-corrected chi connectivity index (χ2v) is 5.29. The minimum absolute atomic E-state index is 0.00892. The van der Waals surface area contributed by atoms with Crippen LogP contribution in [0, 0.1) is 5.41 Å². The molecule has 0 spiro atoms. The zero-order chi connectivity index (χ0) is 11.3. The maximum atomic E-state index is 13.0. The molecule has 2 rings (SSSR count). The van der Waals surface area contributed by atoms with E-state index in [4.69, 9.17) is 0 Å². The first-order valence-electron chi connectivity index (χ1n) is 5.44. The molecule has 2 atom stereocenters. The van der Waals surface area contributed by atoms with E-state index in [0.29, 0.717) is 19.4 Å². The van der Waals surface area contributed by atoms with Crippen molar-refractivity contribution in [1.29, 1.82) is 0 Å². The van der Waals surface area contributed by atoms with Gasteiger partial charge in [0.05, 0.1) is 0 Å². The van der Waals surface area contributed by atoms with Crippen LogP contribution in [-0.2, 0) is 4.79 Å². The second kappa shape index (κ2) is 3.24. The standard InChI is InChI=1S/C11H17F2NO/c1-10(6-11(10,12)13)7-14(2)8-3-4-9(15)5-8/h8H,3-7H2,1-2H3. The van der Waals surface area contributed by atoms with Crippen molar-refractivity contribution >= 4 is 5.78 Å². The summed E-state index contributed by atoms with van der Waals surface area (Å²) in [5.41, 5.74) is -0.854. The molecular formula is C11H17F2NO. The van der Waals surface area contributed by atoms with Crippen LogP contribution in [0.25, 0.3) is 0 Å². The number of alkyl halides is 2. The largest absolute Gasteiger partial charge is 0.302 e. The fraction of sp³-hybridized carbons (Fsp3) is 0.909. The third kappa shape index (κ3) is 1.92. The first-order chi connectivity index (χ1) is 6.84. The number of hydrogen-bond donors (Lipinski definition) is 0. The minimum atomic E-state index is -2.50. The topological polar surface area (TPSA) is 20.3 Å². The van der Waals surface area contributed by atoms with Gasteiger partial charge in [-0.25, -0.2) is 8.78 Å². The number of hydrogen-bond acceptors (Lipinski definition) is 2. The zero-order valence-electron chi connectivity index (χ0n) is 9.22. The van der Waals surface area contributed by atoms with Gasteiger partial charge in [0.25, 0.3) is 5.92 Å². The van der Waals surface area contributed by atoms with Gasteiger partial charge in [0.15, 0.2) is 0 Å². The first-order valence-corrected chi connectivity index (χ1v) is 5.44. The molecule has 2 unspecified atom stereocenters. The number of rotatable bonds is 3. The van der Waals surface area contributed by atoms with E-state index in [-0.39, 0.29) is 18.2 Å². The molecule has 0 aromatic rings. The summed E-state index contributed by atoms with van der Waals surface area (Å²) in [6.45, 7) is 2.03. The highest BCUT2D eigenvalue weighted by Gasteiger charge is 2.68. The Balaban J connectivity index is 1.88. The van der Waals surface area contributed by atoms with E-state index < -0.39 is 11.3 Å². The van der Waals surface area contributed by atoms with E-state index in [0.717, 1.165) is 6.42 Å². The Morgan fingerprint density at radius 1 is 1.53 bits per heavy atom. The van der Waals surface area contributed by atoms with E-state index in [1.54, 1.807) is 6.92 Å². The van der Waals surface area contributed by atoms with Gasteiger partial charge in [-0.2, -0.15) is 0 Å². The van der Waals surface area contributed by atoms with Crippen LogP contribution in [0.3, 0.4) is 0 Å². The van der Waals surface area contributed by atoms with Gasteiger partial charge in [0.2, 0.25) is 0 Å². The van der Waals surface area contributed by atoms with Gasteiger partial charge < -0.3 is 4.90 Å². The van der Waals surface area contributed by atoms with Crippen LogP contribution in [0.15, 0.2) is 0 Å². The third-order valence-electron chi connectivity index (χ3n) is 3.81. The Hall–Kier alpha value is -0.510. The molecule has 0 heterocycles. The summed E-state index contributed by atoms with van der Waals surface area (Å²) in [4.78, 5) is 13.0.